The van der Waals surface area contributed by atoms with Crippen molar-refractivity contribution in [2.45, 2.75) is 168 Å². The molecule has 0 aliphatic carbocycles. The molecule has 2 fully saturated rings. The van der Waals surface area contributed by atoms with Crippen molar-refractivity contribution >= 4 is 11.9 Å². The van der Waals surface area contributed by atoms with E-state index in [4.69, 9.17) is 9.47 Å². The molecule has 0 saturated carbocycles. The molecule has 2 rings (SSSR count). The highest BCUT2D eigenvalue weighted by Gasteiger charge is 2.53. The molecule has 0 N–H and O–H groups in total. The lowest BCUT2D eigenvalue weighted by atomic mass is 9.76. The highest BCUT2D eigenvalue weighted by Crippen LogP contribution is 2.43. The monoisotopic (exact) mass is 522 g/mol. The van der Waals surface area contributed by atoms with Gasteiger partial charge in [0.05, 0.1) is 0 Å². The number of rotatable bonds is 10. The number of hydrogen-bond acceptors (Lipinski definition) is 6. The zero-order valence-corrected chi connectivity index (χ0v) is 26.3. The minimum Gasteiger partial charge on any atom is -0.461 e. The second-order valence-corrected chi connectivity index (χ2v) is 14.5. The maximum atomic E-state index is 14.1. The summed E-state index contributed by atoms with van der Waals surface area (Å²) in [6.07, 6.45) is 6.96. The summed E-state index contributed by atoms with van der Waals surface area (Å²) in [5.41, 5.74) is -1.65. The Morgan fingerprint density at radius 2 is 0.919 bits per heavy atom. The summed E-state index contributed by atoms with van der Waals surface area (Å²) in [6.45, 7) is 21.8. The lowest BCUT2D eigenvalue weighted by molar-refractivity contribution is -0.189. The van der Waals surface area contributed by atoms with Gasteiger partial charge in [-0.3, -0.25) is 19.4 Å². The second-order valence-electron chi connectivity index (χ2n) is 14.5. The molecule has 6 heteroatoms. The van der Waals surface area contributed by atoms with Gasteiger partial charge in [-0.1, -0.05) is 39.5 Å². The average Bonchev–Trinajstić information content (AvgIpc) is 2.75. The molecule has 0 aromatic carbocycles. The van der Waals surface area contributed by atoms with Gasteiger partial charge in [0, 0.05) is 47.8 Å². The summed E-state index contributed by atoms with van der Waals surface area (Å²) in [4.78, 5) is 32.9. The van der Waals surface area contributed by atoms with Crippen molar-refractivity contribution in [3.63, 3.8) is 0 Å². The van der Waals surface area contributed by atoms with Gasteiger partial charge in [0.2, 0.25) is 0 Å². The Morgan fingerprint density at radius 3 is 1.16 bits per heavy atom. The molecule has 0 amide bonds. The molecular formula is C31H58N2O4. The van der Waals surface area contributed by atoms with Crippen LogP contribution in [0.4, 0.5) is 0 Å². The van der Waals surface area contributed by atoms with E-state index in [2.05, 4.69) is 93.1 Å². The molecule has 0 bridgehead atoms. The van der Waals surface area contributed by atoms with E-state index in [-0.39, 0.29) is 46.3 Å². The van der Waals surface area contributed by atoms with Gasteiger partial charge in [0.1, 0.15) is 12.2 Å². The number of esters is 2. The number of unbranched alkanes of at least 4 members (excludes halogenated alkanes) is 2. The van der Waals surface area contributed by atoms with Crippen molar-refractivity contribution < 1.29 is 19.1 Å². The van der Waals surface area contributed by atoms with Crippen LogP contribution in [0.1, 0.15) is 133 Å². The van der Waals surface area contributed by atoms with E-state index in [1.807, 2.05) is 0 Å². The highest BCUT2D eigenvalue weighted by molar-refractivity contribution is 6.00. The Morgan fingerprint density at radius 1 is 0.649 bits per heavy atom. The average molecular weight is 523 g/mol. The van der Waals surface area contributed by atoms with Crippen molar-refractivity contribution in [3.8, 4) is 0 Å². The number of carbonyl (C=O) groups is 2. The van der Waals surface area contributed by atoms with Crippen molar-refractivity contribution in [2.24, 2.45) is 5.41 Å². The van der Waals surface area contributed by atoms with Crippen LogP contribution in [-0.2, 0) is 19.1 Å². The standard InChI is InChI=1S/C31H58N2O4/c1-13-15-17-31(18-16-14-2,25(34)36-23-19-27(3,4)32(11)28(5,6)20-23)26(35)37-24-21-29(7,8)33(12)30(9,10)22-24/h23-24H,13-22H2,1-12H3. The molecule has 2 heterocycles. The zero-order chi connectivity index (χ0) is 28.4. The molecular weight excluding hydrogens is 464 g/mol. The van der Waals surface area contributed by atoms with E-state index in [0.717, 1.165) is 51.4 Å². The van der Waals surface area contributed by atoms with Crippen LogP contribution in [0, 0.1) is 5.41 Å². The summed E-state index contributed by atoms with van der Waals surface area (Å²) in [6, 6.07) is 0. The van der Waals surface area contributed by atoms with Gasteiger partial charge < -0.3 is 9.47 Å². The molecule has 0 radical (unpaired) electrons. The van der Waals surface area contributed by atoms with Gasteiger partial charge in [0.15, 0.2) is 5.41 Å². The van der Waals surface area contributed by atoms with Gasteiger partial charge >= 0.3 is 11.9 Å². The van der Waals surface area contributed by atoms with E-state index in [9.17, 15) is 9.59 Å². The number of piperidine rings is 2. The van der Waals surface area contributed by atoms with Gasteiger partial charge in [-0.05, 0) is 82.3 Å². The molecule has 2 aliphatic heterocycles. The molecule has 0 unspecified atom stereocenters. The Labute approximate surface area is 228 Å². The normalized spacial score (nSPS) is 24.5. The van der Waals surface area contributed by atoms with Crippen LogP contribution in [0.5, 0.6) is 0 Å². The molecule has 0 aromatic rings. The minimum absolute atomic E-state index is 0.103. The number of ether oxygens (including phenoxy) is 2. The molecule has 0 spiro atoms. The molecule has 6 nitrogen and oxygen atoms in total. The van der Waals surface area contributed by atoms with E-state index >= 15 is 0 Å². The van der Waals surface area contributed by atoms with E-state index in [1.165, 1.54) is 0 Å². The summed E-state index contributed by atoms with van der Waals surface area (Å²) < 4.78 is 12.6. The van der Waals surface area contributed by atoms with Crippen LogP contribution in [0.25, 0.3) is 0 Å². The van der Waals surface area contributed by atoms with Crippen LogP contribution >= 0.6 is 0 Å². The third kappa shape index (κ3) is 7.09. The molecule has 2 saturated heterocycles. The topological polar surface area (TPSA) is 59.1 Å². The number of likely N-dealkylation sites (tertiary alicyclic amines) is 2. The quantitative estimate of drug-likeness (QED) is 0.234. The van der Waals surface area contributed by atoms with Crippen molar-refractivity contribution in [2.75, 3.05) is 14.1 Å². The smallest absolute Gasteiger partial charge is 0.323 e. The maximum Gasteiger partial charge on any atom is 0.323 e. The van der Waals surface area contributed by atoms with Gasteiger partial charge in [-0.2, -0.15) is 0 Å². The highest BCUT2D eigenvalue weighted by atomic mass is 16.6. The fourth-order valence-electron chi connectivity index (χ4n) is 6.83. The van der Waals surface area contributed by atoms with Crippen molar-refractivity contribution in [1.82, 2.24) is 9.80 Å². The lowest BCUT2D eigenvalue weighted by Crippen LogP contribution is -2.61. The molecule has 2 aliphatic rings. The Kier molecular flexibility index (Phi) is 10.0. The number of carbonyl (C=O) groups excluding carboxylic acids is 2. The summed E-state index contributed by atoms with van der Waals surface area (Å²) in [5.74, 6) is -0.737. The van der Waals surface area contributed by atoms with Crippen LogP contribution in [0.2, 0.25) is 0 Å². The molecule has 0 aromatic heterocycles. The first-order chi connectivity index (χ1) is 16.8. The van der Waals surface area contributed by atoms with Gasteiger partial charge in [0.25, 0.3) is 0 Å². The van der Waals surface area contributed by atoms with E-state index in [0.29, 0.717) is 12.8 Å². The first-order valence-corrected chi connectivity index (χ1v) is 14.7. The largest absolute Gasteiger partial charge is 0.461 e. The Hall–Kier alpha value is -1.14. The first kappa shape index (κ1) is 32.1. The van der Waals surface area contributed by atoms with Gasteiger partial charge in [-0.15, -0.1) is 0 Å². The van der Waals surface area contributed by atoms with Crippen molar-refractivity contribution in [1.29, 1.82) is 0 Å². The third-order valence-corrected chi connectivity index (χ3v) is 9.78. The molecule has 216 valence electrons. The Balaban J connectivity index is 2.35. The summed E-state index contributed by atoms with van der Waals surface area (Å²) >= 11 is 0. The molecule has 0 atom stereocenters. The lowest BCUT2D eigenvalue weighted by Gasteiger charge is -2.53. The first-order valence-electron chi connectivity index (χ1n) is 14.7. The van der Waals surface area contributed by atoms with Crippen molar-refractivity contribution in [3.05, 3.63) is 0 Å². The van der Waals surface area contributed by atoms with Crippen LogP contribution in [0.15, 0.2) is 0 Å². The summed E-state index contributed by atoms with van der Waals surface area (Å²) in [5, 5.41) is 0. The Bertz CT molecular complexity index is 699. The SMILES string of the molecule is CCCCC(CCCC)(C(=O)OC1CC(C)(C)N(C)C(C)(C)C1)C(=O)OC1CC(C)(C)N(C)C(C)(C)C1. The number of hydrogen-bond donors (Lipinski definition) is 0. The number of nitrogens with zero attached hydrogens (tertiary/aromatic N) is 2. The van der Waals surface area contributed by atoms with Crippen LogP contribution in [-0.4, -0.2) is 70.2 Å². The minimum atomic E-state index is -1.23. The van der Waals surface area contributed by atoms with E-state index in [1.54, 1.807) is 0 Å². The zero-order valence-electron chi connectivity index (χ0n) is 26.3. The van der Waals surface area contributed by atoms with Crippen LogP contribution in [0.3, 0.4) is 0 Å². The maximum absolute atomic E-state index is 14.1. The fraction of sp³-hybridized carbons (Fsp3) is 0.935. The second kappa shape index (κ2) is 11.5. The predicted octanol–water partition coefficient (Wildman–Crippen LogP) is 6.74. The van der Waals surface area contributed by atoms with Crippen LogP contribution < -0.4 is 0 Å². The fourth-order valence-corrected chi connectivity index (χ4v) is 6.83. The van der Waals surface area contributed by atoms with E-state index < -0.39 is 5.41 Å². The van der Waals surface area contributed by atoms with Gasteiger partial charge in [-0.25, -0.2) is 0 Å². The third-order valence-electron chi connectivity index (χ3n) is 9.78. The predicted molar refractivity (Wildman–Crippen MR) is 152 cm³/mol. The molecule has 37 heavy (non-hydrogen) atoms. The summed E-state index contributed by atoms with van der Waals surface area (Å²) in [7, 11) is 4.29.